The van der Waals surface area contributed by atoms with Crippen molar-refractivity contribution in [2.24, 2.45) is 0 Å². The van der Waals surface area contributed by atoms with Gasteiger partial charge in [0.25, 0.3) is 5.91 Å². The van der Waals surface area contributed by atoms with E-state index in [1.54, 1.807) is 43.0 Å². The van der Waals surface area contributed by atoms with Gasteiger partial charge in [0.1, 0.15) is 5.02 Å². The number of nitrogens with zero attached hydrogens (tertiary/aromatic N) is 4. The van der Waals surface area contributed by atoms with Gasteiger partial charge in [0, 0.05) is 29.8 Å². The number of hydrogen-bond donors (Lipinski definition) is 1. The van der Waals surface area contributed by atoms with Gasteiger partial charge in [-0.1, -0.05) is 41.4 Å². The molecule has 1 atom stereocenters. The molecule has 1 unspecified atom stereocenters. The standard InChI is InChI=1S/C19H13Cl2N5O/c20-14-6-4-12(5-7-14)16(13-3-1-8-22-11-13)24-19(27)17-15(21)18-23-9-2-10-26(18)25-17/h1-11,16H,(H,24,27). The molecule has 0 saturated heterocycles. The lowest BCUT2D eigenvalue weighted by Crippen LogP contribution is -2.30. The van der Waals surface area contributed by atoms with Crippen molar-refractivity contribution < 1.29 is 4.79 Å². The first-order chi connectivity index (χ1) is 13.1. The zero-order chi connectivity index (χ0) is 18.8. The predicted molar refractivity (Wildman–Crippen MR) is 103 cm³/mol. The van der Waals surface area contributed by atoms with Crippen molar-refractivity contribution in [1.29, 1.82) is 0 Å². The van der Waals surface area contributed by atoms with Crippen LogP contribution in [0.2, 0.25) is 10.0 Å². The van der Waals surface area contributed by atoms with Crippen LogP contribution in [0.25, 0.3) is 5.65 Å². The quantitative estimate of drug-likeness (QED) is 0.565. The molecule has 3 heterocycles. The van der Waals surface area contributed by atoms with Crippen molar-refractivity contribution in [2.45, 2.75) is 6.04 Å². The summed E-state index contributed by atoms with van der Waals surface area (Å²) in [6, 6.07) is 12.2. The minimum Gasteiger partial charge on any atom is -0.340 e. The van der Waals surface area contributed by atoms with Crippen LogP contribution in [0.3, 0.4) is 0 Å². The molecule has 8 heteroatoms. The van der Waals surface area contributed by atoms with Gasteiger partial charge in [0.15, 0.2) is 11.3 Å². The number of rotatable bonds is 4. The molecular formula is C19H13Cl2N5O. The smallest absolute Gasteiger partial charge is 0.274 e. The molecule has 4 aromatic rings. The molecule has 134 valence electrons. The Morgan fingerprint density at radius 2 is 1.85 bits per heavy atom. The van der Waals surface area contributed by atoms with E-state index in [-0.39, 0.29) is 10.7 Å². The van der Waals surface area contributed by atoms with Crippen molar-refractivity contribution in [3.8, 4) is 0 Å². The topological polar surface area (TPSA) is 72.2 Å². The van der Waals surface area contributed by atoms with Crippen LogP contribution in [0.15, 0.2) is 67.3 Å². The third-order valence-electron chi connectivity index (χ3n) is 4.05. The number of carbonyl (C=O) groups excluding carboxylic acids is 1. The highest BCUT2D eigenvalue weighted by Crippen LogP contribution is 2.25. The average molecular weight is 398 g/mol. The molecule has 1 aromatic carbocycles. The van der Waals surface area contributed by atoms with E-state index in [1.807, 2.05) is 24.3 Å². The molecule has 1 amide bonds. The van der Waals surface area contributed by atoms with Gasteiger partial charge in [-0.3, -0.25) is 9.78 Å². The van der Waals surface area contributed by atoms with E-state index >= 15 is 0 Å². The average Bonchev–Trinajstić information content (AvgIpc) is 3.04. The lowest BCUT2D eigenvalue weighted by molar-refractivity contribution is 0.0937. The summed E-state index contributed by atoms with van der Waals surface area (Å²) in [4.78, 5) is 21.2. The molecule has 0 radical (unpaired) electrons. The first-order valence-corrected chi connectivity index (χ1v) is 8.84. The number of hydrogen-bond acceptors (Lipinski definition) is 4. The van der Waals surface area contributed by atoms with Crippen molar-refractivity contribution in [3.05, 3.63) is 94.1 Å². The molecule has 0 aliphatic rings. The van der Waals surface area contributed by atoms with Crippen LogP contribution >= 0.6 is 23.2 Å². The Bertz CT molecular complexity index is 1100. The number of halogens is 2. The maximum absolute atomic E-state index is 12.9. The van der Waals surface area contributed by atoms with E-state index in [9.17, 15) is 4.79 Å². The van der Waals surface area contributed by atoms with Crippen molar-refractivity contribution >= 4 is 34.8 Å². The summed E-state index contributed by atoms with van der Waals surface area (Å²) in [5.74, 6) is -0.408. The summed E-state index contributed by atoms with van der Waals surface area (Å²) in [6.07, 6.45) is 6.65. The van der Waals surface area contributed by atoms with E-state index in [1.165, 1.54) is 4.52 Å². The molecule has 4 rings (SSSR count). The summed E-state index contributed by atoms with van der Waals surface area (Å²) in [5, 5.41) is 8.04. The van der Waals surface area contributed by atoms with Gasteiger partial charge in [-0.25, -0.2) is 9.50 Å². The van der Waals surface area contributed by atoms with E-state index in [2.05, 4.69) is 20.4 Å². The van der Waals surface area contributed by atoms with Crippen molar-refractivity contribution in [2.75, 3.05) is 0 Å². The van der Waals surface area contributed by atoms with Gasteiger partial charge in [0.2, 0.25) is 0 Å². The number of aromatic nitrogens is 4. The summed E-state index contributed by atoms with van der Waals surface area (Å²) in [6.45, 7) is 0. The van der Waals surface area contributed by atoms with Crippen LogP contribution in [0, 0.1) is 0 Å². The third-order valence-corrected chi connectivity index (χ3v) is 4.65. The second-order valence-electron chi connectivity index (χ2n) is 5.79. The molecule has 0 saturated carbocycles. The van der Waals surface area contributed by atoms with Gasteiger partial charge in [-0.15, -0.1) is 0 Å². The van der Waals surface area contributed by atoms with E-state index < -0.39 is 11.9 Å². The van der Waals surface area contributed by atoms with Crippen LogP contribution in [0.5, 0.6) is 0 Å². The number of nitrogens with one attached hydrogen (secondary N) is 1. The molecule has 27 heavy (non-hydrogen) atoms. The minimum atomic E-state index is -0.433. The maximum atomic E-state index is 12.9. The number of carbonyl (C=O) groups is 1. The van der Waals surface area contributed by atoms with Gasteiger partial charge in [-0.2, -0.15) is 5.10 Å². The zero-order valence-corrected chi connectivity index (χ0v) is 15.4. The van der Waals surface area contributed by atoms with Crippen LogP contribution in [0.4, 0.5) is 0 Å². The molecule has 1 N–H and O–H groups in total. The Morgan fingerprint density at radius 1 is 1.04 bits per heavy atom. The normalized spacial score (nSPS) is 12.1. The second kappa shape index (κ2) is 7.34. The Kier molecular flexibility index (Phi) is 4.75. The lowest BCUT2D eigenvalue weighted by atomic mass is 10.00. The van der Waals surface area contributed by atoms with E-state index in [4.69, 9.17) is 23.2 Å². The van der Waals surface area contributed by atoms with Crippen LogP contribution in [-0.4, -0.2) is 25.5 Å². The monoisotopic (exact) mass is 397 g/mol. The molecule has 6 nitrogen and oxygen atoms in total. The fraction of sp³-hybridized carbons (Fsp3) is 0.0526. The summed E-state index contributed by atoms with van der Waals surface area (Å²) < 4.78 is 1.47. The number of fused-ring (bicyclic) bond motifs is 1. The van der Waals surface area contributed by atoms with Crippen molar-refractivity contribution in [1.82, 2.24) is 24.9 Å². The molecule has 0 bridgehead atoms. The molecule has 0 spiro atoms. The molecule has 0 fully saturated rings. The van der Waals surface area contributed by atoms with Gasteiger partial charge in [-0.05, 0) is 35.4 Å². The van der Waals surface area contributed by atoms with Gasteiger partial charge in [0.05, 0.1) is 6.04 Å². The Labute approximate surface area is 164 Å². The van der Waals surface area contributed by atoms with E-state index in [0.29, 0.717) is 10.7 Å². The summed E-state index contributed by atoms with van der Waals surface area (Å²) in [7, 11) is 0. The Hall–Kier alpha value is -2.96. The number of pyridine rings is 1. The highest BCUT2D eigenvalue weighted by Gasteiger charge is 2.23. The third kappa shape index (κ3) is 3.49. The first kappa shape index (κ1) is 17.5. The fourth-order valence-electron chi connectivity index (χ4n) is 2.76. The maximum Gasteiger partial charge on any atom is 0.274 e. The summed E-state index contributed by atoms with van der Waals surface area (Å²) >= 11 is 12.3. The number of amides is 1. The number of benzene rings is 1. The highest BCUT2D eigenvalue weighted by atomic mass is 35.5. The zero-order valence-electron chi connectivity index (χ0n) is 13.9. The molecule has 0 aliphatic heterocycles. The first-order valence-electron chi connectivity index (χ1n) is 8.08. The van der Waals surface area contributed by atoms with Crippen LogP contribution in [0.1, 0.15) is 27.7 Å². The predicted octanol–water partition coefficient (Wildman–Crippen LogP) is 3.95. The Balaban J connectivity index is 1.71. The van der Waals surface area contributed by atoms with Gasteiger partial charge >= 0.3 is 0 Å². The van der Waals surface area contributed by atoms with Gasteiger partial charge < -0.3 is 5.32 Å². The van der Waals surface area contributed by atoms with Crippen molar-refractivity contribution in [3.63, 3.8) is 0 Å². The van der Waals surface area contributed by atoms with Crippen LogP contribution in [-0.2, 0) is 0 Å². The minimum absolute atomic E-state index is 0.109. The molecular weight excluding hydrogens is 385 g/mol. The van der Waals surface area contributed by atoms with Crippen LogP contribution < -0.4 is 5.32 Å². The Morgan fingerprint density at radius 3 is 2.56 bits per heavy atom. The second-order valence-corrected chi connectivity index (χ2v) is 6.61. The van der Waals surface area contributed by atoms with E-state index in [0.717, 1.165) is 11.1 Å². The SMILES string of the molecule is O=C(NC(c1ccc(Cl)cc1)c1cccnc1)c1nn2cccnc2c1Cl. The molecule has 3 aromatic heterocycles. The lowest BCUT2D eigenvalue weighted by Gasteiger charge is -2.19. The molecule has 0 aliphatic carbocycles. The highest BCUT2D eigenvalue weighted by molar-refractivity contribution is 6.36. The summed E-state index contributed by atoms with van der Waals surface area (Å²) in [5.41, 5.74) is 2.22. The largest absolute Gasteiger partial charge is 0.340 e. The fourth-order valence-corrected chi connectivity index (χ4v) is 3.15.